The van der Waals surface area contributed by atoms with Crippen molar-refractivity contribution in [3.05, 3.63) is 11.7 Å². The van der Waals surface area contributed by atoms with Gasteiger partial charge in [0, 0.05) is 29.1 Å². The van der Waals surface area contributed by atoms with E-state index in [1.807, 2.05) is 23.5 Å². The van der Waals surface area contributed by atoms with E-state index in [0.717, 1.165) is 11.6 Å². The highest BCUT2D eigenvalue weighted by Gasteiger charge is 2.29. The molecular weight excluding hydrogens is 268 g/mol. The average Bonchev–Trinajstić information content (AvgIpc) is 2.79. The molecule has 1 aromatic heterocycles. The lowest BCUT2D eigenvalue weighted by Crippen LogP contribution is -2.22. The minimum absolute atomic E-state index is 0.153. The summed E-state index contributed by atoms with van der Waals surface area (Å²) in [5, 5.41) is 5.64. The normalized spacial score (nSPS) is 28.3. The van der Waals surface area contributed by atoms with Crippen molar-refractivity contribution in [2.75, 3.05) is 5.75 Å². The lowest BCUT2D eigenvalue weighted by molar-refractivity contribution is -0.117. The van der Waals surface area contributed by atoms with Gasteiger partial charge < -0.3 is 9.32 Å². The van der Waals surface area contributed by atoms with Crippen molar-refractivity contribution in [1.29, 1.82) is 0 Å². The minimum atomic E-state index is 0.153. The van der Waals surface area contributed by atoms with Gasteiger partial charge in [0.1, 0.15) is 5.78 Å². The molecule has 0 amide bonds. The predicted molar refractivity (Wildman–Crippen MR) is 75.0 cm³/mol. The molecule has 3 unspecified atom stereocenters. The Morgan fingerprint density at radius 2 is 2.22 bits per heavy atom. The maximum atomic E-state index is 10.9. The van der Waals surface area contributed by atoms with Crippen molar-refractivity contribution < 1.29 is 9.32 Å². The van der Waals surface area contributed by atoms with Crippen molar-refractivity contribution >= 4 is 29.3 Å². The van der Waals surface area contributed by atoms with E-state index < -0.39 is 0 Å². The number of aryl methyl sites for hydroxylation is 1. The molecule has 3 atom stereocenters. The van der Waals surface area contributed by atoms with Gasteiger partial charge in [-0.2, -0.15) is 16.7 Å². The summed E-state index contributed by atoms with van der Waals surface area (Å²) in [4.78, 5) is 15.3. The van der Waals surface area contributed by atoms with Gasteiger partial charge in [-0.15, -0.1) is 11.8 Å². The molecule has 0 bridgehead atoms. The number of rotatable bonds is 4. The standard InChI is InChI=1S/C12H18N2O2S2/c1-7(15)4-5-11-13-12(14-16-11)10-6-17-8(2)9(3)18-10/h8-10H,4-6H2,1-3H3. The first-order chi connectivity index (χ1) is 8.56. The molecular formula is C12H18N2O2S2. The zero-order chi connectivity index (χ0) is 13.1. The van der Waals surface area contributed by atoms with Crippen LogP contribution in [0.4, 0.5) is 0 Å². The van der Waals surface area contributed by atoms with Crippen LogP contribution < -0.4 is 0 Å². The van der Waals surface area contributed by atoms with Gasteiger partial charge in [0.15, 0.2) is 5.82 Å². The second kappa shape index (κ2) is 6.10. The molecule has 1 aliphatic rings. The maximum absolute atomic E-state index is 10.9. The van der Waals surface area contributed by atoms with E-state index in [1.54, 1.807) is 6.92 Å². The van der Waals surface area contributed by atoms with Crippen LogP contribution in [0.15, 0.2) is 4.52 Å². The van der Waals surface area contributed by atoms with Crippen LogP contribution in [0.2, 0.25) is 0 Å². The molecule has 0 spiro atoms. The smallest absolute Gasteiger partial charge is 0.227 e. The Balaban J connectivity index is 1.95. The molecule has 0 aliphatic carbocycles. The second-order valence-corrected chi connectivity index (χ2v) is 7.61. The fourth-order valence-corrected chi connectivity index (χ4v) is 4.54. The fourth-order valence-electron chi connectivity index (χ4n) is 1.70. The van der Waals surface area contributed by atoms with E-state index in [0.29, 0.717) is 34.5 Å². The predicted octanol–water partition coefficient (Wildman–Crippen LogP) is 2.89. The molecule has 0 saturated carbocycles. The van der Waals surface area contributed by atoms with Gasteiger partial charge in [0.2, 0.25) is 5.89 Å². The molecule has 0 radical (unpaired) electrons. The second-order valence-electron chi connectivity index (χ2n) is 4.62. The highest BCUT2D eigenvalue weighted by atomic mass is 32.2. The number of hydrogen-bond acceptors (Lipinski definition) is 6. The third-order valence-electron chi connectivity index (χ3n) is 3.01. The van der Waals surface area contributed by atoms with Crippen molar-refractivity contribution in [3.8, 4) is 0 Å². The summed E-state index contributed by atoms with van der Waals surface area (Å²) in [5.74, 6) is 2.55. The van der Waals surface area contributed by atoms with Gasteiger partial charge in [-0.3, -0.25) is 0 Å². The molecule has 1 fully saturated rings. The van der Waals surface area contributed by atoms with E-state index in [1.165, 1.54) is 0 Å². The Morgan fingerprint density at radius 3 is 2.89 bits per heavy atom. The summed E-state index contributed by atoms with van der Waals surface area (Å²) in [6.45, 7) is 6.08. The molecule has 4 nitrogen and oxygen atoms in total. The average molecular weight is 286 g/mol. The third kappa shape index (κ3) is 3.51. The molecule has 1 saturated heterocycles. The first-order valence-electron chi connectivity index (χ1n) is 6.15. The van der Waals surface area contributed by atoms with Crippen LogP contribution in [-0.2, 0) is 11.2 Å². The van der Waals surface area contributed by atoms with Gasteiger partial charge in [0.05, 0.1) is 5.25 Å². The van der Waals surface area contributed by atoms with Crippen LogP contribution in [0, 0.1) is 0 Å². The van der Waals surface area contributed by atoms with Crippen LogP contribution in [0.25, 0.3) is 0 Å². The van der Waals surface area contributed by atoms with Crippen LogP contribution >= 0.6 is 23.5 Å². The Hall–Kier alpha value is -0.490. The first kappa shape index (κ1) is 13.9. The Bertz CT molecular complexity index is 422. The van der Waals surface area contributed by atoms with E-state index in [2.05, 4.69) is 24.0 Å². The van der Waals surface area contributed by atoms with Crippen molar-refractivity contribution in [2.45, 2.75) is 49.4 Å². The zero-order valence-corrected chi connectivity index (χ0v) is 12.5. The molecule has 2 heterocycles. The minimum Gasteiger partial charge on any atom is -0.339 e. The molecule has 18 heavy (non-hydrogen) atoms. The zero-order valence-electron chi connectivity index (χ0n) is 10.9. The van der Waals surface area contributed by atoms with Crippen LogP contribution in [0.1, 0.15) is 44.2 Å². The first-order valence-corrected chi connectivity index (χ1v) is 8.14. The number of aromatic nitrogens is 2. The molecule has 1 aromatic rings. The highest BCUT2D eigenvalue weighted by Crippen LogP contribution is 2.43. The Labute approximate surface area is 116 Å². The molecule has 6 heteroatoms. The topological polar surface area (TPSA) is 56.0 Å². The summed E-state index contributed by atoms with van der Waals surface area (Å²) in [7, 11) is 0. The van der Waals surface area contributed by atoms with Crippen molar-refractivity contribution in [2.24, 2.45) is 0 Å². The maximum Gasteiger partial charge on any atom is 0.227 e. The summed E-state index contributed by atoms with van der Waals surface area (Å²) < 4.78 is 5.19. The van der Waals surface area contributed by atoms with Crippen LogP contribution in [0.5, 0.6) is 0 Å². The summed E-state index contributed by atoms with van der Waals surface area (Å²) >= 11 is 3.87. The summed E-state index contributed by atoms with van der Waals surface area (Å²) in [5.41, 5.74) is 0. The number of ketones is 1. The number of carbonyl (C=O) groups is 1. The fraction of sp³-hybridized carbons (Fsp3) is 0.750. The lowest BCUT2D eigenvalue weighted by Gasteiger charge is -2.29. The van der Waals surface area contributed by atoms with Crippen LogP contribution in [0.3, 0.4) is 0 Å². The van der Waals surface area contributed by atoms with E-state index in [4.69, 9.17) is 4.52 Å². The highest BCUT2D eigenvalue weighted by molar-refractivity contribution is 8.07. The number of thioether (sulfide) groups is 2. The number of Topliss-reactive ketones (excluding diaryl/α,β-unsaturated/α-hetero) is 1. The molecule has 0 N–H and O–H groups in total. The quantitative estimate of drug-likeness (QED) is 0.848. The summed E-state index contributed by atoms with van der Waals surface area (Å²) in [6.07, 6.45) is 1.03. The lowest BCUT2D eigenvalue weighted by atomic mass is 10.2. The van der Waals surface area contributed by atoms with Gasteiger partial charge in [-0.1, -0.05) is 19.0 Å². The van der Waals surface area contributed by atoms with Gasteiger partial charge >= 0.3 is 0 Å². The number of hydrogen-bond donors (Lipinski definition) is 0. The van der Waals surface area contributed by atoms with E-state index in [-0.39, 0.29) is 5.78 Å². The molecule has 1 aliphatic heterocycles. The third-order valence-corrected chi connectivity index (χ3v) is 6.40. The number of nitrogens with zero attached hydrogens (tertiary/aromatic N) is 2. The largest absolute Gasteiger partial charge is 0.339 e. The van der Waals surface area contributed by atoms with E-state index in [9.17, 15) is 4.79 Å². The van der Waals surface area contributed by atoms with Crippen molar-refractivity contribution in [1.82, 2.24) is 10.1 Å². The Kier molecular flexibility index (Phi) is 4.72. The summed E-state index contributed by atoms with van der Waals surface area (Å²) in [6, 6.07) is 0. The molecule has 100 valence electrons. The van der Waals surface area contributed by atoms with Gasteiger partial charge in [-0.05, 0) is 6.92 Å². The SMILES string of the molecule is CC(=O)CCc1nc(C2CSC(C)C(C)S2)no1. The van der Waals surface area contributed by atoms with Gasteiger partial charge in [0.25, 0.3) is 0 Å². The van der Waals surface area contributed by atoms with Gasteiger partial charge in [-0.25, -0.2) is 0 Å². The van der Waals surface area contributed by atoms with Crippen molar-refractivity contribution in [3.63, 3.8) is 0 Å². The van der Waals surface area contributed by atoms with E-state index >= 15 is 0 Å². The molecule has 0 aromatic carbocycles. The van der Waals surface area contributed by atoms with Crippen LogP contribution in [-0.4, -0.2) is 32.2 Å². The number of carbonyl (C=O) groups excluding carboxylic acids is 1. The molecule has 2 rings (SSSR count). The monoisotopic (exact) mass is 286 g/mol. The Morgan fingerprint density at radius 1 is 1.44 bits per heavy atom.